The Morgan fingerprint density at radius 1 is 0.818 bits per heavy atom. The third kappa shape index (κ3) is 3.57. The number of aromatic nitrogens is 5. The molecule has 0 N–H and O–H groups in total. The van der Waals surface area contributed by atoms with Crippen LogP contribution in [0.3, 0.4) is 0 Å². The van der Waals surface area contributed by atoms with Gasteiger partial charge in [-0.1, -0.05) is 67.6 Å². The lowest BCUT2D eigenvalue weighted by Crippen LogP contribution is -1.99. The minimum Gasteiger partial charge on any atom is -0.326 e. The van der Waals surface area contributed by atoms with Crippen LogP contribution in [0.2, 0.25) is 0 Å². The Morgan fingerprint density at radius 2 is 1.64 bits per heavy atom. The van der Waals surface area contributed by atoms with E-state index >= 15 is 0 Å². The van der Waals surface area contributed by atoms with Crippen LogP contribution in [0.5, 0.6) is 0 Å². The summed E-state index contributed by atoms with van der Waals surface area (Å²) in [4.78, 5) is 14.3. The van der Waals surface area contributed by atoms with Gasteiger partial charge in [0.25, 0.3) is 0 Å². The van der Waals surface area contributed by atoms with Gasteiger partial charge in [-0.15, -0.1) is 0 Å². The lowest BCUT2D eigenvalue weighted by molar-refractivity contribution is 0.824. The second-order valence-corrected chi connectivity index (χ2v) is 8.24. The van der Waals surface area contributed by atoms with E-state index in [1.165, 1.54) is 11.1 Å². The van der Waals surface area contributed by atoms with Gasteiger partial charge in [-0.25, -0.2) is 15.0 Å². The number of fused-ring (bicyclic) bond motifs is 2. The molecule has 0 bridgehead atoms. The molecule has 0 atom stereocenters. The molecule has 0 spiro atoms. The molecule has 0 aliphatic carbocycles. The van der Waals surface area contributed by atoms with Crippen LogP contribution < -0.4 is 0 Å². The van der Waals surface area contributed by atoms with E-state index in [0.29, 0.717) is 0 Å². The maximum atomic E-state index is 5.06. The zero-order valence-corrected chi connectivity index (χ0v) is 18.4. The molecular weight excluding hydrogens is 406 g/mol. The number of nitrogens with zero attached hydrogens (tertiary/aromatic N) is 5. The second kappa shape index (κ2) is 8.02. The molecule has 0 unspecified atom stereocenters. The Kier molecular flexibility index (Phi) is 4.73. The zero-order chi connectivity index (χ0) is 22.2. The summed E-state index contributed by atoms with van der Waals surface area (Å²) < 4.78 is 4.24. The van der Waals surface area contributed by atoms with Crippen LogP contribution in [0.1, 0.15) is 18.1 Å². The van der Waals surface area contributed by atoms with Crippen molar-refractivity contribution in [2.45, 2.75) is 19.9 Å². The standard InChI is InChI=1S/C28H23N5/c1-2-20-8-10-22(11-9-20)25-18-32-15-14-29-28(32)27(31-25)23-12-13-24-26(16-23)33(19-30-24)17-21-6-4-3-5-7-21/h3-16,18-19H,2,17H2,1H3. The first-order chi connectivity index (χ1) is 16.3. The van der Waals surface area contributed by atoms with Gasteiger partial charge in [-0.05, 0) is 29.7 Å². The summed E-state index contributed by atoms with van der Waals surface area (Å²) in [5.74, 6) is 0. The quantitative estimate of drug-likeness (QED) is 0.336. The summed E-state index contributed by atoms with van der Waals surface area (Å²) in [5, 5.41) is 0. The highest BCUT2D eigenvalue weighted by molar-refractivity contribution is 5.85. The molecule has 33 heavy (non-hydrogen) atoms. The maximum absolute atomic E-state index is 5.06. The molecule has 6 aromatic rings. The molecule has 0 amide bonds. The summed E-state index contributed by atoms with van der Waals surface area (Å²) in [6.07, 6.45) is 8.78. The smallest absolute Gasteiger partial charge is 0.163 e. The number of hydrogen-bond donors (Lipinski definition) is 0. The molecule has 0 radical (unpaired) electrons. The van der Waals surface area contributed by atoms with E-state index in [0.717, 1.165) is 52.2 Å². The van der Waals surface area contributed by atoms with E-state index in [1.807, 2.05) is 31.0 Å². The Bertz CT molecular complexity index is 1560. The summed E-state index contributed by atoms with van der Waals surface area (Å²) in [6.45, 7) is 2.94. The van der Waals surface area contributed by atoms with Gasteiger partial charge >= 0.3 is 0 Å². The first-order valence-corrected chi connectivity index (χ1v) is 11.2. The van der Waals surface area contributed by atoms with Gasteiger partial charge < -0.3 is 8.97 Å². The first kappa shape index (κ1) is 19.4. The van der Waals surface area contributed by atoms with Crippen molar-refractivity contribution >= 4 is 16.7 Å². The molecule has 5 heteroatoms. The molecule has 3 aromatic heterocycles. The maximum Gasteiger partial charge on any atom is 0.163 e. The fourth-order valence-electron chi connectivity index (χ4n) is 4.29. The van der Waals surface area contributed by atoms with E-state index in [2.05, 4.69) is 92.6 Å². The Hall–Kier alpha value is -4.25. The highest BCUT2D eigenvalue weighted by Gasteiger charge is 2.13. The van der Waals surface area contributed by atoms with Gasteiger partial charge in [0.05, 0.1) is 23.1 Å². The molecular formula is C28H23N5. The van der Waals surface area contributed by atoms with Gasteiger partial charge in [0.1, 0.15) is 5.69 Å². The van der Waals surface area contributed by atoms with Crippen LogP contribution in [0, 0.1) is 0 Å². The van der Waals surface area contributed by atoms with Crippen molar-refractivity contribution in [3.05, 3.63) is 109 Å². The number of benzene rings is 3. The van der Waals surface area contributed by atoms with Crippen LogP contribution in [0.4, 0.5) is 0 Å². The van der Waals surface area contributed by atoms with E-state index in [9.17, 15) is 0 Å². The van der Waals surface area contributed by atoms with Gasteiger partial charge in [-0.3, -0.25) is 0 Å². The largest absolute Gasteiger partial charge is 0.326 e. The van der Waals surface area contributed by atoms with Gasteiger partial charge in [-0.2, -0.15) is 0 Å². The number of aryl methyl sites for hydroxylation is 1. The molecule has 160 valence electrons. The molecule has 0 saturated carbocycles. The van der Waals surface area contributed by atoms with Gasteiger partial charge in [0, 0.05) is 36.3 Å². The van der Waals surface area contributed by atoms with E-state index in [4.69, 9.17) is 4.98 Å². The van der Waals surface area contributed by atoms with Crippen LogP contribution in [0.25, 0.3) is 39.2 Å². The van der Waals surface area contributed by atoms with Gasteiger partial charge in [0.2, 0.25) is 0 Å². The number of hydrogen-bond acceptors (Lipinski definition) is 3. The highest BCUT2D eigenvalue weighted by atomic mass is 15.0. The molecule has 3 aromatic carbocycles. The third-order valence-corrected chi connectivity index (χ3v) is 6.12. The van der Waals surface area contributed by atoms with Crippen molar-refractivity contribution in [1.29, 1.82) is 0 Å². The minimum atomic E-state index is 0.775. The fourth-order valence-corrected chi connectivity index (χ4v) is 4.29. The Morgan fingerprint density at radius 3 is 2.45 bits per heavy atom. The van der Waals surface area contributed by atoms with Crippen LogP contribution >= 0.6 is 0 Å². The van der Waals surface area contributed by atoms with Crippen molar-refractivity contribution in [3.63, 3.8) is 0 Å². The van der Waals surface area contributed by atoms with Crippen molar-refractivity contribution in [2.24, 2.45) is 0 Å². The van der Waals surface area contributed by atoms with Crippen LogP contribution in [0.15, 0.2) is 97.7 Å². The topological polar surface area (TPSA) is 48.0 Å². The predicted octanol–water partition coefficient (Wildman–Crippen LogP) is 6.02. The SMILES string of the molecule is CCc1ccc(-c2cn3ccnc3c(-c3ccc4ncn(Cc5ccccc5)c4c3)n2)cc1. The number of imidazole rings is 2. The van der Waals surface area contributed by atoms with E-state index in [-0.39, 0.29) is 0 Å². The summed E-state index contributed by atoms with van der Waals surface area (Å²) in [7, 11) is 0. The molecule has 0 aliphatic heterocycles. The second-order valence-electron chi connectivity index (χ2n) is 8.24. The molecule has 0 aliphatic rings. The summed E-state index contributed by atoms with van der Waals surface area (Å²) >= 11 is 0. The van der Waals surface area contributed by atoms with E-state index < -0.39 is 0 Å². The minimum absolute atomic E-state index is 0.775. The monoisotopic (exact) mass is 429 g/mol. The van der Waals surface area contributed by atoms with Gasteiger partial charge in [0.15, 0.2) is 5.65 Å². The number of rotatable bonds is 5. The summed E-state index contributed by atoms with van der Waals surface area (Å²) in [6, 6.07) is 25.4. The van der Waals surface area contributed by atoms with Crippen molar-refractivity contribution in [1.82, 2.24) is 23.9 Å². The summed E-state index contributed by atoms with van der Waals surface area (Å²) in [5.41, 5.74) is 9.38. The average molecular weight is 430 g/mol. The molecule has 6 rings (SSSR count). The Labute approximate surface area is 192 Å². The first-order valence-electron chi connectivity index (χ1n) is 11.2. The third-order valence-electron chi connectivity index (χ3n) is 6.12. The van der Waals surface area contributed by atoms with E-state index in [1.54, 1.807) is 0 Å². The molecule has 3 heterocycles. The predicted molar refractivity (Wildman–Crippen MR) is 132 cm³/mol. The molecule has 5 nitrogen and oxygen atoms in total. The van der Waals surface area contributed by atoms with Crippen LogP contribution in [-0.4, -0.2) is 23.9 Å². The fraction of sp³-hybridized carbons (Fsp3) is 0.107. The Balaban J connectivity index is 1.47. The molecule has 0 saturated heterocycles. The van der Waals surface area contributed by atoms with Crippen molar-refractivity contribution < 1.29 is 0 Å². The van der Waals surface area contributed by atoms with Crippen LogP contribution in [-0.2, 0) is 13.0 Å². The lowest BCUT2D eigenvalue weighted by atomic mass is 10.1. The van der Waals surface area contributed by atoms with Crippen molar-refractivity contribution in [3.8, 4) is 22.5 Å². The molecule has 0 fully saturated rings. The van der Waals surface area contributed by atoms with Crippen molar-refractivity contribution in [2.75, 3.05) is 0 Å². The average Bonchev–Trinajstić information content (AvgIpc) is 3.51. The normalized spacial score (nSPS) is 11.4. The highest BCUT2D eigenvalue weighted by Crippen LogP contribution is 2.29. The lowest BCUT2D eigenvalue weighted by Gasteiger charge is -2.10. The zero-order valence-electron chi connectivity index (χ0n) is 18.4.